The predicted molar refractivity (Wildman–Crippen MR) is 70.1 cm³/mol. The van der Waals surface area contributed by atoms with Crippen LogP contribution in [-0.4, -0.2) is 22.2 Å². The van der Waals surface area contributed by atoms with Gasteiger partial charge in [0.15, 0.2) is 0 Å². The predicted octanol–water partition coefficient (Wildman–Crippen LogP) is 3.08. The molecule has 0 aliphatic heterocycles. The molecule has 2 rings (SSSR count). The Kier molecular flexibility index (Phi) is 3.55. The van der Waals surface area contributed by atoms with Gasteiger partial charge in [0, 0.05) is 17.1 Å². The molecular formula is C14H17NO3. The highest BCUT2D eigenvalue weighted by Gasteiger charge is 2.14. The average molecular weight is 247 g/mol. The standard InChI is InChI=1S/C14H17NO3/c1-3-8-18-12-4-5-13-11(9-12)6-7-15(13)10(2)14(16)17/h4-7,9-10H,3,8H2,1-2H3,(H,16,17). The van der Waals surface area contributed by atoms with E-state index < -0.39 is 12.0 Å². The number of hydrogen-bond acceptors (Lipinski definition) is 2. The molecule has 0 aliphatic rings. The number of benzene rings is 1. The number of fused-ring (bicyclic) bond motifs is 1. The van der Waals surface area contributed by atoms with Crippen molar-refractivity contribution in [1.82, 2.24) is 4.57 Å². The van der Waals surface area contributed by atoms with Gasteiger partial charge in [-0.15, -0.1) is 0 Å². The number of carbonyl (C=O) groups is 1. The lowest BCUT2D eigenvalue weighted by molar-refractivity contribution is -0.140. The molecular weight excluding hydrogens is 230 g/mol. The van der Waals surface area contributed by atoms with Gasteiger partial charge in [-0.25, -0.2) is 4.79 Å². The maximum atomic E-state index is 11.0. The minimum absolute atomic E-state index is 0.565. The number of nitrogens with zero attached hydrogens (tertiary/aromatic N) is 1. The average Bonchev–Trinajstić information content (AvgIpc) is 2.78. The maximum absolute atomic E-state index is 11.0. The number of hydrogen-bond donors (Lipinski definition) is 1. The third-order valence-corrected chi connectivity index (χ3v) is 2.94. The van der Waals surface area contributed by atoms with Gasteiger partial charge in [0.05, 0.1) is 6.61 Å². The van der Waals surface area contributed by atoms with Crippen molar-refractivity contribution in [2.75, 3.05) is 6.61 Å². The minimum Gasteiger partial charge on any atom is -0.494 e. The summed E-state index contributed by atoms with van der Waals surface area (Å²) < 4.78 is 7.31. The van der Waals surface area contributed by atoms with Crippen LogP contribution in [0.15, 0.2) is 30.5 Å². The van der Waals surface area contributed by atoms with Crippen LogP contribution in [0, 0.1) is 0 Å². The van der Waals surface area contributed by atoms with Crippen molar-refractivity contribution in [3.8, 4) is 5.75 Å². The third kappa shape index (κ3) is 2.32. The molecule has 0 saturated heterocycles. The van der Waals surface area contributed by atoms with Crippen LogP contribution in [0.2, 0.25) is 0 Å². The van der Waals surface area contributed by atoms with Crippen LogP contribution in [0.3, 0.4) is 0 Å². The lowest BCUT2D eigenvalue weighted by Gasteiger charge is -2.10. The van der Waals surface area contributed by atoms with E-state index in [1.54, 1.807) is 17.7 Å². The molecule has 0 amide bonds. The third-order valence-electron chi connectivity index (χ3n) is 2.94. The Morgan fingerprint density at radius 1 is 1.44 bits per heavy atom. The summed E-state index contributed by atoms with van der Waals surface area (Å²) in [6.07, 6.45) is 2.77. The van der Waals surface area contributed by atoms with Crippen LogP contribution in [-0.2, 0) is 4.79 Å². The first kappa shape index (κ1) is 12.5. The fraction of sp³-hybridized carbons (Fsp3) is 0.357. The zero-order chi connectivity index (χ0) is 13.1. The van der Waals surface area contributed by atoms with Gasteiger partial charge < -0.3 is 14.4 Å². The van der Waals surface area contributed by atoms with Crippen molar-refractivity contribution in [1.29, 1.82) is 0 Å². The van der Waals surface area contributed by atoms with Crippen molar-refractivity contribution >= 4 is 16.9 Å². The fourth-order valence-electron chi connectivity index (χ4n) is 1.91. The minimum atomic E-state index is -0.834. The van der Waals surface area contributed by atoms with Gasteiger partial charge in [-0.05, 0) is 37.6 Å². The van der Waals surface area contributed by atoms with Crippen LogP contribution in [0.1, 0.15) is 26.3 Å². The molecule has 0 fully saturated rings. The summed E-state index contributed by atoms with van der Waals surface area (Å²) in [6, 6.07) is 7.07. The smallest absolute Gasteiger partial charge is 0.326 e. The summed E-state index contributed by atoms with van der Waals surface area (Å²) in [5.41, 5.74) is 0.911. The largest absolute Gasteiger partial charge is 0.494 e. The molecule has 0 bridgehead atoms. The van der Waals surface area contributed by atoms with E-state index in [4.69, 9.17) is 9.84 Å². The Morgan fingerprint density at radius 2 is 2.22 bits per heavy atom. The summed E-state index contributed by atoms with van der Waals surface area (Å²) in [5.74, 6) is -0.0103. The van der Waals surface area contributed by atoms with E-state index in [1.807, 2.05) is 24.3 Å². The number of carboxylic acids is 1. The van der Waals surface area contributed by atoms with E-state index in [2.05, 4.69) is 6.92 Å². The Labute approximate surface area is 106 Å². The topological polar surface area (TPSA) is 51.5 Å². The van der Waals surface area contributed by atoms with Gasteiger partial charge in [-0.1, -0.05) is 6.92 Å². The molecule has 18 heavy (non-hydrogen) atoms. The number of aliphatic carboxylic acids is 1. The Hall–Kier alpha value is -1.97. The SMILES string of the molecule is CCCOc1ccc2c(ccn2C(C)C(=O)O)c1. The molecule has 1 N–H and O–H groups in total. The van der Waals surface area contributed by atoms with Gasteiger partial charge in [0.25, 0.3) is 0 Å². The molecule has 0 radical (unpaired) electrons. The Morgan fingerprint density at radius 3 is 2.89 bits per heavy atom. The van der Waals surface area contributed by atoms with Crippen LogP contribution in [0.4, 0.5) is 0 Å². The highest BCUT2D eigenvalue weighted by Crippen LogP contribution is 2.24. The molecule has 4 heteroatoms. The Balaban J connectivity index is 2.34. The maximum Gasteiger partial charge on any atom is 0.326 e. The molecule has 2 aromatic rings. The molecule has 1 atom stereocenters. The molecule has 1 aromatic carbocycles. The van der Waals surface area contributed by atoms with Crippen LogP contribution in [0.5, 0.6) is 5.75 Å². The molecule has 96 valence electrons. The van der Waals surface area contributed by atoms with Crippen molar-refractivity contribution < 1.29 is 14.6 Å². The van der Waals surface area contributed by atoms with E-state index in [1.165, 1.54) is 0 Å². The summed E-state index contributed by atoms with van der Waals surface area (Å²) in [7, 11) is 0. The molecule has 1 heterocycles. The summed E-state index contributed by atoms with van der Waals surface area (Å²) in [6.45, 7) is 4.42. The molecule has 0 aliphatic carbocycles. The van der Waals surface area contributed by atoms with E-state index in [0.29, 0.717) is 6.61 Å². The van der Waals surface area contributed by atoms with Crippen molar-refractivity contribution in [3.63, 3.8) is 0 Å². The lowest BCUT2D eigenvalue weighted by atomic mass is 10.2. The summed E-state index contributed by atoms with van der Waals surface area (Å²) in [4.78, 5) is 11.0. The van der Waals surface area contributed by atoms with E-state index in [9.17, 15) is 4.79 Å². The van der Waals surface area contributed by atoms with Crippen molar-refractivity contribution in [3.05, 3.63) is 30.5 Å². The van der Waals surface area contributed by atoms with Crippen LogP contribution in [0.25, 0.3) is 10.9 Å². The first-order valence-electron chi connectivity index (χ1n) is 6.09. The summed E-state index contributed by atoms with van der Waals surface area (Å²) in [5, 5.41) is 10.0. The van der Waals surface area contributed by atoms with Crippen LogP contribution >= 0.6 is 0 Å². The number of ether oxygens (including phenoxy) is 1. The van der Waals surface area contributed by atoms with E-state index >= 15 is 0 Å². The quantitative estimate of drug-likeness (QED) is 0.883. The molecule has 1 unspecified atom stereocenters. The second-order valence-electron chi connectivity index (χ2n) is 4.31. The van der Waals surface area contributed by atoms with Gasteiger partial charge in [0.2, 0.25) is 0 Å². The van der Waals surface area contributed by atoms with Crippen LogP contribution < -0.4 is 4.74 Å². The van der Waals surface area contributed by atoms with Gasteiger partial charge in [-0.3, -0.25) is 0 Å². The second-order valence-corrected chi connectivity index (χ2v) is 4.31. The fourth-order valence-corrected chi connectivity index (χ4v) is 1.91. The zero-order valence-corrected chi connectivity index (χ0v) is 10.6. The van der Waals surface area contributed by atoms with Gasteiger partial charge in [-0.2, -0.15) is 0 Å². The normalized spacial score (nSPS) is 12.6. The molecule has 4 nitrogen and oxygen atoms in total. The van der Waals surface area contributed by atoms with Crippen molar-refractivity contribution in [2.24, 2.45) is 0 Å². The highest BCUT2D eigenvalue weighted by atomic mass is 16.5. The molecule has 0 saturated carbocycles. The Bertz CT molecular complexity index is 559. The molecule has 1 aromatic heterocycles. The second kappa shape index (κ2) is 5.12. The van der Waals surface area contributed by atoms with Crippen molar-refractivity contribution in [2.45, 2.75) is 26.3 Å². The first-order valence-corrected chi connectivity index (χ1v) is 6.09. The van der Waals surface area contributed by atoms with Gasteiger partial charge >= 0.3 is 5.97 Å². The lowest BCUT2D eigenvalue weighted by Crippen LogP contribution is -2.14. The highest BCUT2D eigenvalue weighted by molar-refractivity contribution is 5.84. The number of rotatable bonds is 5. The zero-order valence-electron chi connectivity index (χ0n) is 10.6. The molecule has 0 spiro atoms. The van der Waals surface area contributed by atoms with Gasteiger partial charge in [0.1, 0.15) is 11.8 Å². The number of carboxylic acid groups (broad SMARTS) is 1. The number of aromatic nitrogens is 1. The first-order chi connectivity index (χ1) is 8.63. The monoisotopic (exact) mass is 247 g/mol. The van der Waals surface area contributed by atoms with E-state index in [-0.39, 0.29) is 0 Å². The van der Waals surface area contributed by atoms with E-state index in [0.717, 1.165) is 23.1 Å². The summed E-state index contributed by atoms with van der Waals surface area (Å²) >= 11 is 0.